The van der Waals surface area contributed by atoms with E-state index in [2.05, 4.69) is 10.3 Å². The second kappa shape index (κ2) is 4.49. The molecule has 2 heterocycles. The van der Waals surface area contributed by atoms with E-state index in [0.29, 0.717) is 17.1 Å². The zero-order valence-corrected chi connectivity index (χ0v) is 9.80. The average molecular weight is 235 g/mol. The van der Waals surface area contributed by atoms with Gasteiger partial charge in [0.05, 0.1) is 5.69 Å². The topological polar surface area (TPSA) is 68.0 Å². The second-order valence-corrected chi connectivity index (χ2v) is 4.46. The molecule has 3 N–H and O–H groups in total. The van der Waals surface area contributed by atoms with Crippen LogP contribution in [0.5, 0.6) is 0 Å². The first-order chi connectivity index (χ1) is 7.74. The highest BCUT2D eigenvalue weighted by Gasteiger charge is 2.15. The molecule has 1 amide bonds. The predicted molar refractivity (Wildman–Crippen MR) is 66.7 cm³/mol. The van der Waals surface area contributed by atoms with E-state index in [9.17, 15) is 4.79 Å². The summed E-state index contributed by atoms with van der Waals surface area (Å²) in [4.78, 5) is 17.3. The number of hydrogen-bond acceptors (Lipinski definition) is 4. The lowest BCUT2D eigenvalue weighted by Gasteiger charge is -2.01. The largest absolute Gasteiger partial charge is 0.397 e. The molecule has 4 nitrogen and oxygen atoms in total. The molecule has 84 valence electrons. The van der Waals surface area contributed by atoms with Crippen molar-refractivity contribution >= 4 is 33.1 Å². The Labute approximate surface area is 97.5 Å². The van der Waals surface area contributed by atoms with Crippen LogP contribution >= 0.6 is 11.3 Å². The van der Waals surface area contributed by atoms with Gasteiger partial charge in [0.15, 0.2) is 0 Å². The zero-order chi connectivity index (χ0) is 11.5. The Bertz CT molecular complexity index is 521. The molecule has 0 unspecified atom stereocenters. The molecule has 0 bridgehead atoms. The quantitative estimate of drug-likeness (QED) is 0.855. The van der Waals surface area contributed by atoms with Crippen LogP contribution in [0.15, 0.2) is 18.3 Å². The maximum atomic E-state index is 11.8. The molecule has 0 aliphatic carbocycles. The predicted octanol–water partition coefficient (Wildman–Crippen LogP) is 2.02. The molecule has 0 saturated heterocycles. The van der Waals surface area contributed by atoms with E-state index in [1.54, 1.807) is 6.20 Å². The van der Waals surface area contributed by atoms with Gasteiger partial charge in [-0.1, -0.05) is 6.92 Å². The molecule has 2 aromatic rings. The zero-order valence-electron chi connectivity index (χ0n) is 8.99. The average Bonchev–Trinajstić information content (AvgIpc) is 2.64. The molecule has 0 aliphatic heterocycles. The number of nitrogens with one attached hydrogen (secondary N) is 1. The van der Waals surface area contributed by atoms with Gasteiger partial charge in [-0.2, -0.15) is 0 Å². The van der Waals surface area contributed by atoms with E-state index in [-0.39, 0.29) is 5.91 Å². The highest BCUT2D eigenvalue weighted by molar-refractivity contribution is 7.21. The maximum absolute atomic E-state index is 11.8. The SMILES string of the molecule is CCCNC(=O)c1sc2ncccc2c1N. The Morgan fingerprint density at radius 3 is 3.12 bits per heavy atom. The van der Waals surface area contributed by atoms with Crippen LogP contribution < -0.4 is 11.1 Å². The van der Waals surface area contributed by atoms with Crippen LogP contribution in [0.4, 0.5) is 5.69 Å². The van der Waals surface area contributed by atoms with Crippen LogP contribution in [-0.2, 0) is 0 Å². The van der Waals surface area contributed by atoms with Gasteiger partial charge in [0, 0.05) is 18.1 Å². The van der Waals surface area contributed by atoms with Crippen molar-refractivity contribution in [1.29, 1.82) is 0 Å². The summed E-state index contributed by atoms with van der Waals surface area (Å²) in [5.41, 5.74) is 6.45. The number of amides is 1. The Hall–Kier alpha value is -1.62. The van der Waals surface area contributed by atoms with Gasteiger partial charge in [-0.15, -0.1) is 11.3 Å². The molecule has 16 heavy (non-hydrogen) atoms. The Morgan fingerprint density at radius 2 is 2.44 bits per heavy atom. The van der Waals surface area contributed by atoms with E-state index in [4.69, 9.17) is 5.73 Å². The molecule has 5 heteroatoms. The summed E-state index contributed by atoms with van der Waals surface area (Å²) in [5.74, 6) is -0.109. The molecule has 0 spiro atoms. The fourth-order valence-electron chi connectivity index (χ4n) is 1.44. The smallest absolute Gasteiger partial charge is 0.263 e. The van der Waals surface area contributed by atoms with Crippen molar-refractivity contribution in [2.75, 3.05) is 12.3 Å². The van der Waals surface area contributed by atoms with E-state index in [0.717, 1.165) is 16.6 Å². The molecular weight excluding hydrogens is 222 g/mol. The number of nitrogen functional groups attached to an aromatic ring is 1. The molecule has 2 rings (SSSR count). The number of nitrogens with two attached hydrogens (primary N) is 1. The van der Waals surface area contributed by atoms with Crippen molar-refractivity contribution < 1.29 is 4.79 Å². The van der Waals surface area contributed by atoms with Gasteiger partial charge >= 0.3 is 0 Å². The number of anilines is 1. The van der Waals surface area contributed by atoms with Gasteiger partial charge in [0.2, 0.25) is 0 Å². The number of fused-ring (bicyclic) bond motifs is 1. The van der Waals surface area contributed by atoms with Crippen molar-refractivity contribution in [1.82, 2.24) is 10.3 Å². The Balaban J connectivity index is 2.37. The number of carbonyl (C=O) groups is 1. The van der Waals surface area contributed by atoms with Crippen molar-refractivity contribution in [2.45, 2.75) is 13.3 Å². The summed E-state index contributed by atoms with van der Waals surface area (Å²) in [6.45, 7) is 2.68. The molecule has 2 aromatic heterocycles. The summed E-state index contributed by atoms with van der Waals surface area (Å²) in [6.07, 6.45) is 2.61. The lowest BCUT2D eigenvalue weighted by atomic mass is 10.2. The molecular formula is C11H13N3OS. The number of pyridine rings is 1. The van der Waals surface area contributed by atoms with Gasteiger partial charge in [-0.3, -0.25) is 4.79 Å². The highest BCUT2D eigenvalue weighted by atomic mass is 32.1. The first kappa shape index (κ1) is 10.9. The summed E-state index contributed by atoms with van der Waals surface area (Å²) >= 11 is 1.33. The third-order valence-electron chi connectivity index (χ3n) is 2.25. The summed E-state index contributed by atoms with van der Waals surface area (Å²) in [7, 11) is 0. The van der Waals surface area contributed by atoms with E-state index >= 15 is 0 Å². The number of aromatic nitrogens is 1. The first-order valence-electron chi connectivity index (χ1n) is 5.15. The van der Waals surface area contributed by atoms with Crippen LogP contribution in [0.1, 0.15) is 23.0 Å². The molecule has 0 saturated carbocycles. The first-order valence-corrected chi connectivity index (χ1v) is 5.97. The number of thiophene rings is 1. The third-order valence-corrected chi connectivity index (χ3v) is 3.37. The Morgan fingerprint density at radius 1 is 1.62 bits per heavy atom. The minimum Gasteiger partial charge on any atom is -0.397 e. The van der Waals surface area contributed by atoms with E-state index in [1.165, 1.54) is 11.3 Å². The van der Waals surface area contributed by atoms with Crippen molar-refractivity contribution in [3.8, 4) is 0 Å². The minimum atomic E-state index is -0.109. The van der Waals surface area contributed by atoms with Crippen LogP contribution in [0, 0.1) is 0 Å². The van der Waals surface area contributed by atoms with Crippen LogP contribution in [0.3, 0.4) is 0 Å². The Kier molecular flexibility index (Phi) is 3.05. The monoisotopic (exact) mass is 235 g/mol. The minimum absolute atomic E-state index is 0.109. The third kappa shape index (κ3) is 1.86. The van der Waals surface area contributed by atoms with Crippen molar-refractivity contribution in [3.05, 3.63) is 23.2 Å². The molecule has 0 aromatic carbocycles. The molecule has 0 fully saturated rings. The van der Waals surface area contributed by atoms with Gasteiger partial charge < -0.3 is 11.1 Å². The lowest BCUT2D eigenvalue weighted by Crippen LogP contribution is -2.23. The summed E-state index contributed by atoms with van der Waals surface area (Å²) in [5, 5.41) is 3.67. The van der Waals surface area contributed by atoms with Crippen LogP contribution in [0.2, 0.25) is 0 Å². The maximum Gasteiger partial charge on any atom is 0.263 e. The normalized spacial score (nSPS) is 10.6. The number of hydrogen-bond donors (Lipinski definition) is 2. The second-order valence-electron chi connectivity index (χ2n) is 3.46. The summed E-state index contributed by atoms with van der Waals surface area (Å²) in [6, 6.07) is 3.70. The number of carbonyl (C=O) groups excluding carboxylic acids is 1. The number of nitrogens with zero attached hydrogens (tertiary/aromatic N) is 1. The lowest BCUT2D eigenvalue weighted by molar-refractivity contribution is 0.0958. The molecule has 0 atom stereocenters. The van der Waals surface area contributed by atoms with Crippen molar-refractivity contribution in [2.24, 2.45) is 0 Å². The fraction of sp³-hybridized carbons (Fsp3) is 0.273. The number of rotatable bonds is 3. The van der Waals surface area contributed by atoms with E-state index < -0.39 is 0 Å². The van der Waals surface area contributed by atoms with Crippen LogP contribution in [0.25, 0.3) is 10.2 Å². The molecule has 0 aliphatic rings. The van der Waals surface area contributed by atoms with Crippen molar-refractivity contribution in [3.63, 3.8) is 0 Å². The van der Waals surface area contributed by atoms with E-state index in [1.807, 2.05) is 19.1 Å². The molecule has 0 radical (unpaired) electrons. The van der Waals surface area contributed by atoms with Gasteiger partial charge in [0.25, 0.3) is 5.91 Å². The van der Waals surface area contributed by atoms with Gasteiger partial charge in [-0.05, 0) is 18.6 Å². The summed E-state index contributed by atoms with van der Waals surface area (Å²) < 4.78 is 0. The van der Waals surface area contributed by atoms with Crippen LogP contribution in [-0.4, -0.2) is 17.4 Å². The highest BCUT2D eigenvalue weighted by Crippen LogP contribution is 2.31. The van der Waals surface area contributed by atoms with Gasteiger partial charge in [-0.25, -0.2) is 4.98 Å². The standard InChI is InChI=1S/C11H13N3OS/c1-2-5-13-10(15)9-8(12)7-4-3-6-14-11(7)16-9/h3-4,6H,2,5,12H2,1H3,(H,13,15). The fourth-order valence-corrected chi connectivity index (χ4v) is 2.42. The van der Waals surface area contributed by atoms with Gasteiger partial charge in [0.1, 0.15) is 9.71 Å².